The van der Waals surface area contributed by atoms with E-state index in [1.165, 1.54) is 0 Å². The molecule has 9 nitrogen and oxygen atoms in total. The minimum absolute atomic E-state index is 0.0137. The zero-order valence-electron chi connectivity index (χ0n) is 24.9. The van der Waals surface area contributed by atoms with Gasteiger partial charge in [0.2, 0.25) is 0 Å². The highest BCUT2D eigenvalue weighted by molar-refractivity contribution is 6.04. The fourth-order valence-corrected chi connectivity index (χ4v) is 9.45. The zero-order chi connectivity index (χ0) is 31.0. The van der Waals surface area contributed by atoms with Crippen LogP contribution in [0.1, 0.15) is 61.7 Å². The summed E-state index contributed by atoms with van der Waals surface area (Å²) in [7, 11) is 0. The van der Waals surface area contributed by atoms with E-state index in [2.05, 4.69) is 12.2 Å². The third kappa shape index (κ3) is 4.10. The first-order valence-corrected chi connectivity index (χ1v) is 15.4. The summed E-state index contributed by atoms with van der Waals surface area (Å²) in [5.74, 6) is -0.758. The minimum atomic E-state index is -1.43. The Morgan fingerprint density at radius 1 is 1.14 bits per heavy atom. The van der Waals surface area contributed by atoms with E-state index < -0.39 is 47.3 Å². The molecule has 4 aliphatic carbocycles. The van der Waals surface area contributed by atoms with Crippen LogP contribution in [-0.2, 0) is 19.1 Å². The number of aliphatic hydroxyl groups excluding tert-OH is 2. The lowest BCUT2D eigenvalue weighted by Gasteiger charge is -2.59. The molecule has 9 heteroatoms. The number of ether oxygens (including phenoxy) is 2. The Morgan fingerprint density at radius 2 is 1.91 bits per heavy atom. The van der Waals surface area contributed by atoms with E-state index in [0.29, 0.717) is 35.3 Å². The summed E-state index contributed by atoms with van der Waals surface area (Å²) >= 11 is 0. The van der Waals surface area contributed by atoms with Gasteiger partial charge in [0.15, 0.2) is 23.5 Å². The smallest absolute Gasteiger partial charge is 0.255 e. The van der Waals surface area contributed by atoms with Crippen LogP contribution in [0.25, 0.3) is 0 Å². The van der Waals surface area contributed by atoms with Gasteiger partial charge >= 0.3 is 0 Å². The van der Waals surface area contributed by atoms with Crippen molar-refractivity contribution in [2.24, 2.45) is 28.6 Å². The quantitative estimate of drug-likeness (QED) is 0.376. The molecular weight excluding hydrogens is 560 g/mol. The number of anilines is 2. The molecule has 1 amide bonds. The minimum Gasteiger partial charge on any atom is -0.399 e. The van der Waals surface area contributed by atoms with Gasteiger partial charge in [-0.25, -0.2) is 0 Å². The number of fused-ring (bicyclic) bond motifs is 7. The van der Waals surface area contributed by atoms with Crippen molar-refractivity contribution in [1.29, 1.82) is 0 Å². The molecule has 2 aromatic rings. The first-order chi connectivity index (χ1) is 21.0. The molecule has 0 aromatic heterocycles. The van der Waals surface area contributed by atoms with Crippen molar-refractivity contribution in [2.45, 2.75) is 63.6 Å². The molecule has 0 radical (unpaired) electrons. The lowest BCUT2D eigenvalue weighted by Crippen LogP contribution is -2.63. The summed E-state index contributed by atoms with van der Waals surface area (Å²) in [4.78, 5) is 38.7. The number of nitrogens with one attached hydrogen (secondary N) is 1. The second-order valence-electron chi connectivity index (χ2n) is 13.5. The van der Waals surface area contributed by atoms with Crippen molar-refractivity contribution in [3.8, 4) is 0 Å². The van der Waals surface area contributed by atoms with Crippen LogP contribution in [0.5, 0.6) is 0 Å². The fourth-order valence-electron chi connectivity index (χ4n) is 9.45. The van der Waals surface area contributed by atoms with Crippen molar-refractivity contribution in [3.05, 3.63) is 83.5 Å². The van der Waals surface area contributed by atoms with Crippen molar-refractivity contribution < 1.29 is 34.1 Å². The Kier molecular flexibility index (Phi) is 6.75. The highest BCUT2D eigenvalue weighted by Crippen LogP contribution is 2.70. The number of ketones is 2. The Labute approximate surface area is 256 Å². The van der Waals surface area contributed by atoms with Crippen LogP contribution >= 0.6 is 0 Å². The number of aliphatic hydroxyl groups is 2. The maximum absolute atomic E-state index is 13.7. The topological polar surface area (TPSA) is 148 Å². The van der Waals surface area contributed by atoms with Gasteiger partial charge in [0.05, 0.1) is 12.2 Å². The van der Waals surface area contributed by atoms with Gasteiger partial charge in [0, 0.05) is 39.2 Å². The molecule has 44 heavy (non-hydrogen) atoms. The number of amides is 1. The molecule has 7 rings (SSSR count). The van der Waals surface area contributed by atoms with Gasteiger partial charge in [0.1, 0.15) is 6.61 Å². The van der Waals surface area contributed by atoms with Crippen molar-refractivity contribution in [2.75, 3.05) is 17.7 Å². The number of hydrogen-bond donors (Lipinski definition) is 4. The van der Waals surface area contributed by atoms with E-state index in [1.54, 1.807) is 60.7 Å². The first kappa shape index (κ1) is 29.1. The lowest BCUT2D eigenvalue weighted by atomic mass is 9.46. The Hall–Kier alpha value is -3.63. The zero-order valence-corrected chi connectivity index (χ0v) is 24.9. The number of allylic oxidation sites excluding steroid dienone is 4. The van der Waals surface area contributed by atoms with Gasteiger partial charge in [-0.1, -0.05) is 43.7 Å². The predicted molar refractivity (Wildman–Crippen MR) is 162 cm³/mol. The number of carbonyl (C=O) groups is 3. The maximum Gasteiger partial charge on any atom is 0.255 e. The molecular formula is C35H38N2O7. The summed E-state index contributed by atoms with van der Waals surface area (Å²) < 4.78 is 13.1. The Balaban J connectivity index is 1.15. The average Bonchev–Trinajstić information content (AvgIpc) is 3.50. The third-order valence-electron chi connectivity index (χ3n) is 11.4. The average molecular weight is 599 g/mol. The predicted octanol–water partition coefficient (Wildman–Crippen LogP) is 4.12. The van der Waals surface area contributed by atoms with Crippen LogP contribution in [0.2, 0.25) is 0 Å². The van der Waals surface area contributed by atoms with E-state index in [4.69, 9.17) is 15.2 Å². The molecule has 0 unspecified atom stereocenters. The van der Waals surface area contributed by atoms with Gasteiger partial charge in [-0.3, -0.25) is 14.4 Å². The normalized spacial score (nSPS) is 38.6. The van der Waals surface area contributed by atoms with E-state index in [9.17, 15) is 24.6 Å². The van der Waals surface area contributed by atoms with Gasteiger partial charge < -0.3 is 30.7 Å². The van der Waals surface area contributed by atoms with E-state index >= 15 is 0 Å². The number of carbonyl (C=O) groups excluding carboxylic acids is 3. The largest absolute Gasteiger partial charge is 0.399 e. The van der Waals surface area contributed by atoms with Crippen molar-refractivity contribution >= 4 is 28.8 Å². The Morgan fingerprint density at radius 3 is 2.64 bits per heavy atom. The van der Waals surface area contributed by atoms with Crippen molar-refractivity contribution in [3.63, 3.8) is 0 Å². The summed E-state index contributed by atoms with van der Waals surface area (Å²) in [5, 5.41) is 24.8. The van der Waals surface area contributed by atoms with Crippen LogP contribution in [0.15, 0.2) is 72.3 Å². The number of nitrogen functional groups attached to an aromatic ring is 1. The third-order valence-corrected chi connectivity index (χ3v) is 11.4. The van der Waals surface area contributed by atoms with E-state index in [1.807, 2.05) is 13.0 Å². The molecule has 230 valence electrons. The first-order valence-electron chi connectivity index (χ1n) is 15.4. The number of benzene rings is 2. The van der Waals surface area contributed by atoms with Gasteiger partial charge in [-0.15, -0.1) is 0 Å². The molecule has 2 aromatic carbocycles. The lowest BCUT2D eigenvalue weighted by molar-refractivity contribution is -0.201. The second-order valence-corrected chi connectivity index (χ2v) is 13.5. The highest BCUT2D eigenvalue weighted by Gasteiger charge is 2.75. The standard InChI is InChI=1S/C35H38N2O7/c1-33-13-12-24(39)14-21(33)10-11-25-26-16-29-35(28(41)18-38,34(26,2)17-27(40)30(25)33)44-32(43-29)20-8-6-19(7-9-20)31(42)37-23-5-3-4-22(36)15-23/h3-9,12-15,25-27,29-30,32,38,40H,10-11,16-18,36H2,1-2H3,(H,37,42)/t25-,26-,27-,29+,30+,32-,33-,34-,35+/m0/s1. The second kappa shape index (κ2) is 10.2. The number of nitrogens with two attached hydrogens (primary N) is 1. The van der Waals surface area contributed by atoms with Crippen LogP contribution in [0.3, 0.4) is 0 Å². The molecule has 1 saturated heterocycles. The van der Waals surface area contributed by atoms with Crippen LogP contribution in [-0.4, -0.2) is 52.1 Å². The van der Waals surface area contributed by atoms with Crippen molar-refractivity contribution in [1.82, 2.24) is 0 Å². The van der Waals surface area contributed by atoms with E-state index in [0.717, 1.165) is 18.4 Å². The molecule has 9 atom stereocenters. The fraction of sp³-hybridized carbons (Fsp3) is 0.457. The van der Waals surface area contributed by atoms with Gasteiger partial charge in [0.25, 0.3) is 5.91 Å². The molecule has 0 spiro atoms. The summed E-state index contributed by atoms with van der Waals surface area (Å²) in [5.41, 5.74) is 6.45. The molecule has 3 saturated carbocycles. The SMILES string of the molecule is C[C@]12C=CC(=O)C=C1CC[C@@H]1[C@@H]2[C@@H](O)C[C@@]2(C)[C@H]1C[C@H]1O[C@H](c3ccc(C(=O)Nc4cccc(N)c4)cc3)O[C@]12C(=O)CO. The molecule has 1 heterocycles. The molecule has 1 aliphatic heterocycles. The van der Waals surface area contributed by atoms with Crippen LogP contribution in [0, 0.1) is 28.6 Å². The summed E-state index contributed by atoms with van der Waals surface area (Å²) in [6, 6.07) is 13.8. The summed E-state index contributed by atoms with van der Waals surface area (Å²) in [6.07, 6.45) is 5.48. The molecule has 5 N–H and O–H groups in total. The van der Waals surface area contributed by atoms with E-state index in [-0.39, 0.29) is 29.4 Å². The molecule has 0 bridgehead atoms. The number of hydrogen-bond acceptors (Lipinski definition) is 8. The number of Topliss-reactive ketones (excluding diaryl/α,β-unsaturated/α-hetero) is 1. The van der Waals surface area contributed by atoms with Crippen LogP contribution < -0.4 is 11.1 Å². The van der Waals surface area contributed by atoms with Gasteiger partial charge in [-0.05, 0) is 80.0 Å². The molecule has 4 fully saturated rings. The van der Waals surface area contributed by atoms with Crippen LogP contribution in [0.4, 0.5) is 11.4 Å². The highest BCUT2D eigenvalue weighted by atomic mass is 16.7. The van der Waals surface area contributed by atoms with Gasteiger partial charge in [-0.2, -0.15) is 0 Å². The number of rotatable bonds is 5. The Bertz CT molecular complexity index is 1600. The maximum atomic E-state index is 13.7. The molecule has 5 aliphatic rings. The summed E-state index contributed by atoms with van der Waals surface area (Å²) in [6.45, 7) is 3.42. The monoisotopic (exact) mass is 598 g/mol.